The molecule has 0 fully saturated rings. The maximum atomic E-state index is 9.99. The van der Waals surface area contributed by atoms with Crippen molar-refractivity contribution in [2.24, 2.45) is 5.41 Å². The molecule has 1 N–H and O–H groups in total. The lowest BCUT2D eigenvalue weighted by Crippen LogP contribution is -2.21. The zero-order chi connectivity index (χ0) is 11.6. The van der Waals surface area contributed by atoms with Gasteiger partial charge in [-0.2, -0.15) is 5.26 Å². The van der Waals surface area contributed by atoms with Crippen LogP contribution in [0.1, 0.15) is 25.6 Å². The molecule has 0 amide bonds. The lowest BCUT2D eigenvalue weighted by atomic mass is 9.86. The van der Waals surface area contributed by atoms with Crippen molar-refractivity contribution in [3.05, 3.63) is 26.9 Å². The van der Waals surface area contributed by atoms with E-state index in [0.29, 0.717) is 10.2 Å². The molecule has 0 radical (unpaired) electrons. The fourth-order valence-corrected chi connectivity index (χ4v) is 2.23. The van der Waals surface area contributed by atoms with Gasteiger partial charge in [0.2, 0.25) is 0 Å². The second kappa shape index (κ2) is 4.60. The monoisotopic (exact) mass is 332 g/mol. The topological polar surface area (TPSA) is 56.9 Å². The van der Waals surface area contributed by atoms with E-state index in [4.69, 9.17) is 5.26 Å². The molecule has 0 spiro atoms. The molecule has 15 heavy (non-hydrogen) atoms. The number of halogens is 2. The van der Waals surface area contributed by atoms with Crippen molar-refractivity contribution in [3.63, 3.8) is 0 Å². The van der Waals surface area contributed by atoms with E-state index >= 15 is 0 Å². The average Bonchev–Trinajstić information content (AvgIpc) is 2.17. The molecule has 0 saturated heterocycles. The van der Waals surface area contributed by atoms with E-state index in [-0.39, 0.29) is 0 Å². The van der Waals surface area contributed by atoms with Gasteiger partial charge in [0.15, 0.2) is 0 Å². The smallest absolute Gasteiger partial charge is 0.115 e. The number of aliphatic hydroxyl groups excluding tert-OH is 1. The molecule has 1 aromatic rings. The first-order valence-electron chi connectivity index (χ1n) is 4.28. The van der Waals surface area contributed by atoms with Crippen molar-refractivity contribution in [2.45, 2.75) is 20.0 Å². The lowest BCUT2D eigenvalue weighted by Gasteiger charge is -2.23. The molecule has 1 unspecified atom stereocenters. The Bertz CT molecular complexity index is 412. The highest BCUT2D eigenvalue weighted by Crippen LogP contribution is 2.35. The number of hydrogen-bond donors (Lipinski definition) is 1. The van der Waals surface area contributed by atoms with E-state index in [1.165, 1.54) is 0 Å². The van der Waals surface area contributed by atoms with Crippen molar-refractivity contribution in [3.8, 4) is 6.07 Å². The average molecular weight is 334 g/mol. The molecular formula is C10H10Br2N2O. The third-order valence-electron chi connectivity index (χ3n) is 2.07. The van der Waals surface area contributed by atoms with Crippen molar-refractivity contribution >= 4 is 31.9 Å². The lowest BCUT2D eigenvalue weighted by molar-refractivity contribution is 0.0820. The minimum atomic E-state index is -0.912. The summed E-state index contributed by atoms with van der Waals surface area (Å²) in [6.45, 7) is 3.35. The van der Waals surface area contributed by atoms with Crippen LogP contribution in [0.3, 0.4) is 0 Å². The summed E-state index contributed by atoms with van der Waals surface area (Å²) in [6.07, 6.45) is 0.682. The van der Waals surface area contributed by atoms with Gasteiger partial charge >= 0.3 is 0 Å². The first-order chi connectivity index (χ1) is 6.88. The van der Waals surface area contributed by atoms with Gasteiger partial charge in [0.05, 0.1) is 17.2 Å². The Hall–Kier alpha value is -0.440. The minimum Gasteiger partial charge on any atom is -0.385 e. The van der Waals surface area contributed by atoms with Gasteiger partial charge in [0.25, 0.3) is 0 Å². The molecule has 3 nitrogen and oxygen atoms in total. The van der Waals surface area contributed by atoms with E-state index in [1.807, 2.05) is 0 Å². The predicted molar refractivity (Wildman–Crippen MR) is 64.0 cm³/mol. The largest absolute Gasteiger partial charge is 0.385 e. The third-order valence-corrected chi connectivity index (χ3v) is 3.14. The molecule has 0 aliphatic rings. The van der Waals surface area contributed by atoms with E-state index in [9.17, 15) is 5.11 Å². The molecule has 5 heteroatoms. The first-order valence-corrected chi connectivity index (χ1v) is 5.87. The fourth-order valence-electron chi connectivity index (χ4n) is 1.03. The molecule has 1 aromatic heterocycles. The van der Waals surface area contributed by atoms with Crippen molar-refractivity contribution in [1.29, 1.82) is 5.26 Å². The second-order valence-electron chi connectivity index (χ2n) is 3.76. The SMILES string of the molecule is CC(C)(C#N)C(O)c1ncc(Br)cc1Br. The fraction of sp³-hybridized carbons (Fsp3) is 0.400. The summed E-state index contributed by atoms with van der Waals surface area (Å²) in [7, 11) is 0. The number of hydrogen-bond acceptors (Lipinski definition) is 3. The van der Waals surface area contributed by atoms with Crippen molar-refractivity contribution < 1.29 is 5.11 Å². The van der Waals surface area contributed by atoms with Gasteiger partial charge in [-0.1, -0.05) is 0 Å². The Morgan fingerprint density at radius 2 is 2.13 bits per heavy atom. The number of pyridine rings is 1. The first kappa shape index (κ1) is 12.6. The number of nitriles is 1. The molecular weight excluding hydrogens is 324 g/mol. The Morgan fingerprint density at radius 1 is 1.53 bits per heavy atom. The maximum Gasteiger partial charge on any atom is 0.115 e. The van der Waals surface area contributed by atoms with Crippen LogP contribution in [-0.4, -0.2) is 10.1 Å². The van der Waals surface area contributed by atoms with Gasteiger partial charge in [-0.25, -0.2) is 0 Å². The van der Waals surface area contributed by atoms with Gasteiger partial charge in [-0.15, -0.1) is 0 Å². The van der Waals surface area contributed by atoms with Gasteiger partial charge in [0, 0.05) is 15.1 Å². The molecule has 0 saturated carbocycles. The molecule has 1 atom stereocenters. The quantitative estimate of drug-likeness (QED) is 0.904. The van der Waals surface area contributed by atoms with Crippen LogP contribution in [-0.2, 0) is 0 Å². The molecule has 1 heterocycles. The number of nitrogens with zero attached hydrogens (tertiary/aromatic N) is 2. The van der Waals surface area contributed by atoms with E-state index in [2.05, 4.69) is 42.9 Å². The predicted octanol–water partition coefficient (Wildman–Crippen LogP) is 3.19. The van der Waals surface area contributed by atoms with Crippen LogP contribution < -0.4 is 0 Å². The molecule has 0 aromatic carbocycles. The van der Waals surface area contributed by atoms with E-state index < -0.39 is 11.5 Å². The number of aromatic nitrogens is 1. The zero-order valence-corrected chi connectivity index (χ0v) is 11.5. The van der Waals surface area contributed by atoms with Crippen molar-refractivity contribution in [2.75, 3.05) is 0 Å². The van der Waals surface area contributed by atoms with Gasteiger partial charge in [-0.3, -0.25) is 4.98 Å². The standard InChI is InChI=1S/C10H10Br2N2O/c1-10(2,5-13)9(15)8-7(12)3-6(11)4-14-8/h3-4,9,15H,1-2H3. The van der Waals surface area contributed by atoms with Crippen LogP contribution in [0.15, 0.2) is 21.2 Å². The van der Waals surface area contributed by atoms with Crippen LogP contribution in [0, 0.1) is 16.7 Å². The highest BCUT2D eigenvalue weighted by molar-refractivity contribution is 9.11. The Morgan fingerprint density at radius 3 is 2.60 bits per heavy atom. The van der Waals surface area contributed by atoms with Gasteiger partial charge < -0.3 is 5.11 Å². The van der Waals surface area contributed by atoms with Crippen LogP contribution in [0.4, 0.5) is 0 Å². The Balaban J connectivity index is 3.13. The Labute approximate surface area is 105 Å². The summed E-state index contributed by atoms with van der Waals surface area (Å²) in [5.41, 5.74) is -0.381. The molecule has 0 bridgehead atoms. The summed E-state index contributed by atoms with van der Waals surface area (Å²) < 4.78 is 1.51. The second-order valence-corrected chi connectivity index (χ2v) is 5.53. The summed E-state index contributed by atoms with van der Waals surface area (Å²) in [4.78, 5) is 4.10. The van der Waals surface area contributed by atoms with Crippen LogP contribution in [0.2, 0.25) is 0 Å². The van der Waals surface area contributed by atoms with Crippen LogP contribution in [0.5, 0.6) is 0 Å². The van der Waals surface area contributed by atoms with Crippen molar-refractivity contribution in [1.82, 2.24) is 4.98 Å². The highest BCUT2D eigenvalue weighted by Gasteiger charge is 2.31. The highest BCUT2D eigenvalue weighted by atomic mass is 79.9. The van der Waals surface area contributed by atoms with Gasteiger partial charge in [-0.05, 0) is 51.8 Å². The van der Waals surface area contributed by atoms with Crippen LogP contribution in [0.25, 0.3) is 0 Å². The normalized spacial score (nSPS) is 13.3. The summed E-state index contributed by atoms with van der Waals surface area (Å²) in [5.74, 6) is 0. The molecule has 0 aliphatic carbocycles. The number of aliphatic hydroxyl groups is 1. The summed E-state index contributed by atoms with van der Waals surface area (Å²) >= 11 is 6.58. The minimum absolute atomic E-state index is 0.477. The summed E-state index contributed by atoms with van der Waals surface area (Å²) in [5, 5.41) is 18.9. The number of rotatable bonds is 2. The van der Waals surface area contributed by atoms with E-state index in [0.717, 1.165) is 4.47 Å². The summed E-state index contributed by atoms with van der Waals surface area (Å²) in [6, 6.07) is 3.85. The Kier molecular flexibility index (Phi) is 3.87. The third kappa shape index (κ3) is 2.77. The molecule has 80 valence electrons. The van der Waals surface area contributed by atoms with Gasteiger partial charge in [0.1, 0.15) is 6.10 Å². The molecule has 1 rings (SSSR count). The molecule has 0 aliphatic heterocycles. The maximum absolute atomic E-state index is 9.99. The van der Waals surface area contributed by atoms with Crippen LogP contribution >= 0.6 is 31.9 Å². The zero-order valence-electron chi connectivity index (χ0n) is 8.33. The van der Waals surface area contributed by atoms with E-state index in [1.54, 1.807) is 26.1 Å².